The number of nitrogens with zero attached hydrogens (tertiary/aromatic N) is 4. The maximum Gasteiger partial charge on any atom is 0.186 e. The number of benzene rings is 1. The van der Waals surface area contributed by atoms with Crippen molar-refractivity contribution in [1.29, 1.82) is 5.26 Å². The summed E-state index contributed by atoms with van der Waals surface area (Å²) in [6.07, 6.45) is 1.48. The second kappa shape index (κ2) is 4.97. The van der Waals surface area contributed by atoms with E-state index in [4.69, 9.17) is 5.26 Å². The maximum atomic E-state index is 13.1. The lowest BCUT2D eigenvalue weighted by molar-refractivity contribution is 0.623. The van der Waals surface area contributed by atoms with Crippen LogP contribution in [0.2, 0.25) is 0 Å². The van der Waals surface area contributed by atoms with Gasteiger partial charge in [-0.15, -0.1) is 0 Å². The Hall–Kier alpha value is -1.87. The third-order valence-electron chi connectivity index (χ3n) is 2.19. The molecule has 0 N–H and O–H groups in total. The van der Waals surface area contributed by atoms with E-state index in [9.17, 15) is 4.39 Å². The lowest BCUT2D eigenvalue weighted by Crippen LogP contribution is -1.93. The van der Waals surface area contributed by atoms with Crippen LogP contribution in [0.4, 0.5) is 4.39 Å². The first-order valence-corrected chi connectivity index (χ1v) is 5.84. The summed E-state index contributed by atoms with van der Waals surface area (Å²) in [6, 6.07) is 6.35. The minimum absolute atomic E-state index is 0.0704. The highest BCUT2D eigenvalue weighted by Crippen LogP contribution is 2.21. The van der Waals surface area contributed by atoms with Crippen LogP contribution >= 0.6 is 11.8 Å². The predicted octanol–water partition coefficient (Wildman–Crippen LogP) is 2.12. The van der Waals surface area contributed by atoms with Gasteiger partial charge in [-0.1, -0.05) is 17.8 Å². The number of hydrogen-bond donors (Lipinski definition) is 0. The zero-order valence-corrected chi connectivity index (χ0v) is 9.91. The van der Waals surface area contributed by atoms with Crippen molar-refractivity contribution in [1.82, 2.24) is 14.8 Å². The summed E-state index contributed by atoms with van der Waals surface area (Å²) >= 11 is 1.49. The van der Waals surface area contributed by atoms with Gasteiger partial charge in [-0.25, -0.2) is 14.1 Å². The first-order valence-electron chi connectivity index (χ1n) is 4.86. The summed E-state index contributed by atoms with van der Waals surface area (Å²) in [4.78, 5) is 4.07. The zero-order valence-electron chi connectivity index (χ0n) is 9.09. The van der Waals surface area contributed by atoms with Gasteiger partial charge in [0.05, 0.1) is 5.56 Å². The Bertz CT molecular complexity index is 573. The summed E-state index contributed by atoms with van der Waals surface area (Å²) in [7, 11) is 1.81. The van der Waals surface area contributed by atoms with Gasteiger partial charge in [-0.05, 0) is 17.7 Å². The number of aryl methyl sites for hydroxylation is 1. The molecule has 2 rings (SSSR count). The summed E-state index contributed by atoms with van der Waals surface area (Å²) in [5, 5.41) is 13.5. The molecule has 2 aromatic rings. The van der Waals surface area contributed by atoms with E-state index < -0.39 is 5.82 Å². The molecule has 0 amide bonds. The summed E-state index contributed by atoms with van der Waals surface area (Å²) in [5.74, 6) is 0.140. The van der Waals surface area contributed by atoms with Crippen LogP contribution in [0.5, 0.6) is 0 Å². The topological polar surface area (TPSA) is 54.5 Å². The molecule has 86 valence electrons. The van der Waals surface area contributed by atoms with Crippen LogP contribution in [-0.2, 0) is 12.8 Å². The van der Waals surface area contributed by atoms with Crippen molar-refractivity contribution in [2.45, 2.75) is 10.9 Å². The van der Waals surface area contributed by atoms with E-state index in [1.165, 1.54) is 24.2 Å². The molecule has 0 bridgehead atoms. The smallest absolute Gasteiger partial charge is 0.186 e. The van der Waals surface area contributed by atoms with Crippen molar-refractivity contribution >= 4 is 11.8 Å². The number of halogens is 1. The van der Waals surface area contributed by atoms with E-state index in [2.05, 4.69) is 10.1 Å². The second-order valence-electron chi connectivity index (χ2n) is 3.38. The van der Waals surface area contributed by atoms with E-state index in [1.807, 2.05) is 6.07 Å². The number of rotatable bonds is 3. The van der Waals surface area contributed by atoms with E-state index in [-0.39, 0.29) is 5.56 Å². The molecule has 0 aliphatic rings. The van der Waals surface area contributed by atoms with Crippen LogP contribution in [0.15, 0.2) is 29.7 Å². The monoisotopic (exact) mass is 248 g/mol. The molecule has 1 heterocycles. The van der Waals surface area contributed by atoms with Crippen molar-refractivity contribution in [3.8, 4) is 6.07 Å². The standard InChI is InChI=1S/C11H9FN4S/c1-16-11(14-7-15-16)17-6-8-2-3-10(12)9(4-8)5-13/h2-4,7H,6H2,1H3. The number of hydrogen-bond acceptors (Lipinski definition) is 4. The summed E-state index contributed by atoms with van der Waals surface area (Å²) in [5.41, 5.74) is 0.956. The molecule has 0 atom stereocenters. The molecule has 1 aromatic heterocycles. The van der Waals surface area contributed by atoms with Crippen LogP contribution in [-0.4, -0.2) is 14.8 Å². The maximum absolute atomic E-state index is 13.1. The van der Waals surface area contributed by atoms with Gasteiger partial charge in [0.15, 0.2) is 5.16 Å². The fourth-order valence-electron chi connectivity index (χ4n) is 1.31. The normalized spacial score (nSPS) is 10.2. The SMILES string of the molecule is Cn1ncnc1SCc1ccc(F)c(C#N)c1. The molecule has 6 heteroatoms. The lowest BCUT2D eigenvalue weighted by atomic mass is 10.1. The van der Waals surface area contributed by atoms with E-state index in [0.29, 0.717) is 5.75 Å². The average Bonchev–Trinajstić information content (AvgIpc) is 2.74. The van der Waals surface area contributed by atoms with Crippen molar-refractivity contribution in [3.63, 3.8) is 0 Å². The molecular weight excluding hydrogens is 239 g/mol. The molecule has 0 radical (unpaired) electrons. The van der Waals surface area contributed by atoms with Crippen LogP contribution in [0.25, 0.3) is 0 Å². The van der Waals surface area contributed by atoms with Crippen molar-refractivity contribution in [2.75, 3.05) is 0 Å². The van der Waals surface area contributed by atoms with Gasteiger partial charge in [-0.2, -0.15) is 10.4 Å². The van der Waals surface area contributed by atoms with Crippen LogP contribution in [0.3, 0.4) is 0 Å². The highest BCUT2D eigenvalue weighted by Gasteiger charge is 2.05. The molecule has 0 aliphatic carbocycles. The third-order valence-corrected chi connectivity index (χ3v) is 3.29. The highest BCUT2D eigenvalue weighted by molar-refractivity contribution is 7.98. The fourth-order valence-corrected chi connectivity index (χ4v) is 2.14. The van der Waals surface area contributed by atoms with Crippen molar-refractivity contribution in [3.05, 3.63) is 41.5 Å². The van der Waals surface area contributed by atoms with E-state index >= 15 is 0 Å². The Morgan fingerprint density at radius 2 is 2.35 bits per heavy atom. The Morgan fingerprint density at radius 1 is 1.53 bits per heavy atom. The molecule has 0 saturated heterocycles. The molecule has 4 nitrogen and oxygen atoms in total. The van der Waals surface area contributed by atoms with Gasteiger partial charge >= 0.3 is 0 Å². The Morgan fingerprint density at radius 3 is 3.00 bits per heavy atom. The fraction of sp³-hybridized carbons (Fsp3) is 0.182. The molecule has 0 saturated carbocycles. The predicted molar refractivity (Wildman–Crippen MR) is 61.7 cm³/mol. The quantitative estimate of drug-likeness (QED) is 0.781. The van der Waals surface area contributed by atoms with Gasteiger partial charge in [0.1, 0.15) is 18.2 Å². The first kappa shape index (κ1) is 11.6. The Balaban J connectivity index is 2.10. The van der Waals surface area contributed by atoms with Crippen LogP contribution in [0, 0.1) is 17.1 Å². The number of nitriles is 1. The molecule has 0 spiro atoms. The first-order chi connectivity index (χ1) is 8.20. The molecular formula is C11H9FN4S. The Kier molecular flexibility index (Phi) is 3.40. The second-order valence-corrected chi connectivity index (χ2v) is 4.32. The van der Waals surface area contributed by atoms with E-state index in [0.717, 1.165) is 10.7 Å². The van der Waals surface area contributed by atoms with Crippen LogP contribution in [0.1, 0.15) is 11.1 Å². The Labute approximate surface area is 102 Å². The van der Waals surface area contributed by atoms with Gasteiger partial charge in [0.2, 0.25) is 0 Å². The molecule has 0 unspecified atom stereocenters. The lowest BCUT2D eigenvalue weighted by Gasteiger charge is -2.02. The van der Waals surface area contributed by atoms with Gasteiger partial charge in [0.25, 0.3) is 0 Å². The molecule has 1 aromatic carbocycles. The van der Waals surface area contributed by atoms with Gasteiger partial charge < -0.3 is 0 Å². The van der Waals surface area contributed by atoms with Crippen molar-refractivity contribution < 1.29 is 4.39 Å². The molecule has 0 fully saturated rings. The van der Waals surface area contributed by atoms with Gasteiger partial charge in [-0.3, -0.25) is 0 Å². The minimum Gasteiger partial charge on any atom is -0.244 e. The summed E-state index contributed by atoms with van der Waals surface area (Å²) in [6.45, 7) is 0. The largest absolute Gasteiger partial charge is 0.244 e. The molecule has 0 aliphatic heterocycles. The van der Waals surface area contributed by atoms with Crippen molar-refractivity contribution in [2.24, 2.45) is 7.05 Å². The average molecular weight is 248 g/mol. The highest BCUT2D eigenvalue weighted by atomic mass is 32.2. The van der Waals surface area contributed by atoms with E-state index in [1.54, 1.807) is 23.9 Å². The van der Waals surface area contributed by atoms with Crippen LogP contribution < -0.4 is 0 Å². The zero-order chi connectivity index (χ0) is 12.3. The number of aromatic nitrogens is 3. The summed E-state index contributed by atoms with van der Waals surface area (Å²) < 4.78 is 14.8. The third kappa shape index (κ3) is 2.63. The van der Waals surface area contributed by atoms with Gasteiger partial charge in [0, 0.05) is 12.8 Å². The number of thioether (sulfide) groups is 1. The molecule has 17 heavy (non-hydrogen) atoms. The minimum atomic E-state index is -0.486.